The van der Waals surface area contributed by atoms with Crippen molar-refractivity contribution >= 4 is 0 Å². The molecule has 2 heteroatoms. The minimum absolute atomic E-state index is 0.726. The zero-order valence-electron chi connectivity index (χ0n) is 12.8. The third-order valence-electron chi connectivity index (χ3n) is 5.23. The van der Waals surface area contributed by atoms with E-state index < -0.39 is 0 Å². The fourth-order valence-electron chi connectivity index (χ4n) is 3.71. The Bertz CT molecular complexity index is 237. The summed E-state index contributed by atoms with van der Waals surface area (Å²) < 4.78 is 0. The predicted octanol–water partition coefficient (Wildman–Crippen LogP) is 3.13. The second-order valence-corrected chi connectivity index (χ2v) is 6.95. The van der Waals surface area contributed by atoms with Crippen LogP contribution in [-0.2, 0) is 0 Å². The zero-order chi connectivity index (χ0) is 13.1. The van der Waals surface area contributed by atoms with Gasteiger partial charge in [-0.2, -0.15) is 0 Å². The topological polar surface area (TPSA) is 15.3 Å². The fraction of sp³-hybridized carbons (Fsp3) is 1.00. The quantitative estimate of drug-likeness (QED) is 0.809. The van der Waals surface area contributed by atoms with Crippen LogP contribution in [0.5, 0.6) is 0 Å². The molecule has 1 saturated carbocycles. The minimum atomic E-state index is 0.726. The molecule has 0 amide bonds. The molecule has 0 aromatic heterocycles. The minimum Gasteiger partial charge on any atom is -0.313 e. The normalized spacial score (nSPS) is 34.8. The summed E-state index contributed by atoms with van der Waals surface area (Å²) in [5.41, 5.74) is 0. The number of hydrogen-bond acceptors (Lipinski definition) is 2. The molecule has 0 spiro atoms. The third-order valence-corrected chi connectivity index (χ3v) is 5.23. The van der Waals surface area contributed by atoms with Crippen LogP contribution in [0.2, 0.25) is 0 Å². The van der Waals surface area contributed by atoms with Crippen LogP contribution in [0.4, 0.5) is 0 Å². The molecule has 1 aliphatic carbocycles. The first-order valence-corrected chi connectivity index (χ1v) is 8.09. The molecule has 1 saturated heterocycles. The molecule has 0 aromatic carbocycles. The van der Waals surface area contributed by atoms with E-state index in [-0.39, 0.29) is 0 Å². The van der Waals surface area contributed by atoms with Crippen molar-refractivity contribution in [1.29, 1.82) is 0 Å². The van der Waals surface area contributed by atoms with E-state index in [4.69, 9.17) is 0 Å². The van der Waals surface area contributed by atoms with Crippen LogP contribution in [-0.4, -0.2) is 36.6 Å². The first-order valence-electron chi connectivity index (χ1n) is 8.09. The van der Waals surface area contributed by atoms with Gasteiger partial charge in [0.25, 0.3) is 0 Å². The predicted molar refractivity (Wildman–Crippen MR) is 78.8 cm³/mol. The summed E-state index contributed by atoms with van der Waals surface area (Å²) in [7, 11) is 0. The van der Waals surface area contributed by atoms with Gasteiger partial charge in [-0.3, -0.25) is 0 Å². The van der Waals surface area contributed by atoms with Gasteiger partial charge in [0.05, 0.1) is 0 Å². The van der Waals surface area contributed by atoms with Crippen molar-refractivity contribution in [3.8, 4) is 0 Å². The van der Waals surface area contributed by atoms with Gasteiger partial charge in [0.2, 0.25) is 0 Å². The number of likely N-dealkylation sites (tertiary alicyclic amines) is 1. The molecule has 3 atom stereocenters. The molecular formula is C16H32N2. The molecule has 2 rings (SSSR count). The Morgan fingerprint density at radius 3 is 2.22 bits per heavy atom. The highest BCUT2D eigenvalue weighted by molar-refractivity contribution is 4.95. The van der Waals surface area contributed by atoms with Crippen LogP contribution in [0, 0.1) is 17.8 Å². The lowest BCUT2D eigenvalue weighted by atomic mass is 9.73. The van der Waals surface area contributed by atoms with Crippen molar-refractivity contribution in [2.75, 3.05) is 19.6 Å². The lowest BCUT2D eigenvalue weighted by Gasteiger charge is -2.49. The third kappa shape index (κ3) is 3.27. The van der Waals surface area contributed by atoms with Gasteiger partial charge in [-0.1, -0.05) is 26.7 Å². The fourth-order valence-corrected chi connectivity index (χ4v) is 3.71. The van der Waals surface area contributed by atoms with E-state index in [1.807, 2.05) is 0 Å². The Labute approximate surface area is 114 Å². The van der Waals surface area contributed by atoms with Crippen LogP contribution in [0.3, 0.4) is 0 Å². The molecular weight excluding hydrogens is 220 g/mol. The van der Waals surface area contributed by atoms with Crippen molar-refractivity contribution in [2.24, 2.45) is 17.8 Å². The molecule has 1 heterocycles. The van der Waals surface area contributed by atoms with E-state index in [1.54, 1.807) is 0 Å². The molecule has 106 valence electrons. The van der Waals surface area contributed by atoms with Crippen LogP contribution in [0.1, 0.15) is 53.4 Å². The number of nitrogens with one attached hydrogen (secondary N) is 1. The van der Waals surface area contributed by atoms with Gasteiger partial charge in [-0.25, -0.2) is 0 Å². The van der Waals surface area contributed by atoms with E-state index in [1.165, 1.54) is 45.3 Å². The summed E-state index contributed by atoms with van der Waals surface area (Å²) in [6, 6.07) is 1.53. The van der Waals surface area contributed by atoms with Crippen LogP contribution in [0.15, 0.2) is 0 Å². The van der Waals surface area contributed by atoms with Gasteiger partial charge in [0.15, 0.2) is 0 Å². The molecule has 2 bridgehead atoms. The zero-order valence-corrected chi connectivity index (χ0v) is 12.8. The molecule has 18 heavy (non-hydrogen) atoms. The highest BCUT2D eigenvalue weighted by Crippen LogP contribution is 2.35. The first kappa shape index (κ1) is 14.3. The summed E-state index contributed by atoms with van der Waals surface area (Å²) in [4.78, 5) is 2.70. The maximum Gasteiger partial charge on any atom is 0.0148 e. The molecule has 3 unspecified atom stereocenters. The molecule has 1 N–H and O–H groups in total. The smallest absolute Gasteiger partial charge is 0.0148 e. The van der Waals surface area contributed by atoms with E-state index >= 15 is 0 Å². The SMILES string of the molecule is CCC(C)CNC1C2CCCC1CN(C(C)C)C2. The molecule has 2 fully saturated rings. The molecule has 1 aliphatic heterocycles. The second-order valence-electron chi connectivity index (χ2n) is 6.95. The standard InChI is InChI=1S/C16H32N2/c1-5-13(4)9-17-16-14-7-6-8-15(16)11-18(10-14)12(2)3/h12-17H,5-11H2,1-4H3. The Morgan fingerprint density at radius 2 is 1.72 bits per heavy atom. The molecule has 0 aromatic rings. The first-order chi connectivity index (χ1) is 8.61. The Hall–Kier alpha value is -0.0800. The second kappa shape index (κ2) is 6.38. The summed E-state index contributed by atoms with van der Waals surface area (Å²) in [6.45, 7) is 13.2. The molecule has 0 radical (unpaired) electrons. The van der Waals surface area contributed by atoms with E-state index in [0.29, 0.717) is 0 Å². The van der Waals surface area contributed by atoms with Gasteiger partial charge >= 0.3 is 0 Å². The van der Waals surface area contributed by atoms with Gasteiger partial charge in [-0.15, -0.1) is 0 Å². The monoisotopic (exact) mass is 252 g/mol. The average Bonchev–Trinajstić information content (AvgIpc) is 2.34. The molecule has 2 aliphatic rings. The number of piperidine rings is 1. The van der Waals surface area contributed by atoms with Crippen LogP contribution < -0.4 is 5.32 Å². The maximum atomic E-state index is 3.91. The van der Waals surface area contributed by atoms with Crippen LogP contribution >= 0.6 is 0 Å². The Kier molecular flexibility index (Phi) is 5.08. The van der Waals surface area contributed by atoms with E-state index in [0.717, 1.165) is 29.8 Å². The number of nitrogens with zero attached hydrogens (tertiary/aromatic N) is 1. The van der Waals surface area contributed by atoms with Gasteiger partial charge < -0.3 is 10.2 Å². The van der Waals surface area contributed by atoms with Gasteiger partial charge in [-0.05, 0) is 51.0 Å². The van der Waals surface area contributed by atoms with Crippen molar-refractivity contribution < 1.29 is 0 Å². The summed E-state index contributed by atoms with van der Waals surface area (Å²) >= 11 is 0. The summed E-state index contributed by atoms with van der Waals surface area (Å²) in [5.74, 6) is 2.64. The van der Waals surface area contributed by atoms with E-state index in [2.05, 4.69) is 37.9 Å². The lowest BCUT2D eigenvalue weighted by Crippen LogP contribution is -2.58. The summed E-state index contributed by atoms with van der Waals surface area (Å²) in [5, 5.41) is 3.91. The summed E-state index contributed by atoms with van der Waals surface area (Å²) in [6.07, 6.45) is 5.64. The largest absolute Gasteiger partial charge is 0.313 e. The maximum absolute atomic E-state index is 3.91. The average molecular weight is 252 g/mol. The van der Waals surface area contributed by atoms with Crippen molar-refractivity contribution in [3.05, 3.63) is 0 Å². The Balaban J connectivity index is 1.91. The highest BCUT2D eigenvalue weighted by Gasteiger charge is 2.39. The van der Waals surface area contributed by atoms with Gasteiger partial charge in [0, 0.05) is 25.2 Å². The van der Waals surface area contributed by atoms with Crippen molar-refractivity contribution in [1.82, 2.24) is 10.2 Å². The van der Waals surface area contributed by atoms with Crippen LogP contribution in [0.25, 0.3) is 0 Å². The Morgan fingerprint density at radius 1 is 1.11 bits per heavy atom. The van der Waals surface area contributed by atoms with Crippen molar-refractivity contribution in [3.63, 3.8) is 0 Å². The van der Waals surface area contributed by atoms with Crippen molar-refractivity contribution in [2.45, 2.75) is 65.5 Å². The number of hydrogen-bond donors (Lipinski definition) is 1. The number of fused-ring (bicyclic) bond motifs is 2. The number of rotatable bonds is 5. The highest BCUT2D eigenvalue weighted by atomic mass is 15.2. The van der Waals surface area contributed by atoms with E-state index in [9.17, 15) is 0 Å². The molecule has 2 nitrogen and oxygen atoms in total. The lowest BCUT2D eigenvalue weighted by molar-refractivity contribution is 0.0284. The van der Waals surface area contributed by atoms with Gasteiger partial charge in [0.1, 0.15) is 0 Å².